The molecule has 1 aromatic rings. The van der Waals surface area contributed by atoms with Gasteiger partial charge in [0.1, 0.15) is 5.75 Å². The first-order chi connectivity index (χ1) is 9.65. The molecule has 0 atom stereocenters. The van der Waals surface area contributed by atoms with Crippen molar-refractivity contribution >= 4 is 5.91 Å². The third-order valence-electron chi connectivity index (χ3n) is 4.16. The van der Waals surface area contributed by atoms with Crippen molar-refractivity contribution in [3.8, 4) is 5.75 Å². The number of ether oxygens (including phenoxy) is 1. The summed E-state index contributed by atoms with van der Waals surface area (Å²) in [5.41, 5.74) is 1.28. The lowest BCUT2D eigenvalue weighted by atomic mass is 9.75. The van der Waals surface area contributed by atoms with Crippen LogP contribution in [0.5, 0.6) is 5.75 Å². The molecule has 0 radical (unpaired) electrons. The van der Waals surface area contributed by atoms with Crippen LogP contribution in [0.4, 0.5) is 0 Å². The molecule has 1 amide bonds. The molecule has 1 N–H and O–H groups in total. The van der Waals surface area contributed by atoms with E-state index in [-0.39, 0.29) is 5.91 Å². The number of likely N-dealkylation sites (N-methyl/N-ethyl adjacent to an activating group) is 1. The van der Waals surface area contributed by atoms with E-state index in [0.717, 1.165) is 25.1 Å². The Morgan fingerprint density at radius 3 is 2.75 bits per heavy atom. The van der Waals surface area contributed by atoms with Crippen LogP contribution in [0.2, 0.25) is 0 Å². The molecule has 0 unspecified atom stereocenters. The first kappa shape index (κ1) is 14.9. The first-order valence-corrected chi connectivity index (χ1v) is 7.26. The van der Waals surface area contributed by atoms with Gasteiger partial charge in [0.05, 0.1) is 13.7 Å². The Morgan fingerprint density at radius 2 is 2.10 bits per heavy atom. The molecule has 4 heteroatoms. The van der Waals surface area contributed by atoms with Crippen LogP contribution in [0.3, 0.4) is 0 Å². The number of nitrogens with one attached hydrogen (secondary N) is 1. The quantitative estimate of drug-likeness (QED) is 0.864. The molecular weight excluding hydrogens is 252 g/mol. The van der Waals surface area contributed by atoms with Gasteiger partial charge in [-0.3, -0.25) is 4.79 Å². The van der Waals surface area contributed by atoms with Crippen LogP contribution in [-0.2, 0) is 4.79 Å². The monoisotopic (exact) mass is 276 g/mol. The number of para-hydroxylation sites is 1. The Labute approximate surface area is 121 Å². The van der Waals surface area contributed by atoms with Gasteiger partial charge in [0.25, 0.3) is 0 Å². The van der Waals surface area contributed by atoms with Gasteiger partial charge in [0, 0.05) is 19.6 Å². The van der Waals surface area contributed by atoms with E-state index in [1.807, 2.05) is 26.1 Å². The average molecular weight is 276 g/mol. The number of rotatable bonds is 6. The van der Waals surface area contributed by atoms with Crippen molar-refractivity contribution in [3.05, 3.63) is 29.8 Å². The Balaban J connectivity index is 1.79. The van der Waals surface area contributed by atoms with Gasteiger partial charge in [-0.25, -0.2) is 0 Å². The molecule has 20 heavy (non-hydrogen) atoms. The molecule has 1 aliphatic carbocycles. The highest BCUT2D eigenvalue weighted by molar-refractivity contribution is 5.77. The zero-order chi connectivity index (χ0) is 14.5. The Morgan fingerprint density at radius 1 is 1.40 bits per heavy atom. The van der Waals surface area contributed by atoms with Gasteiger partial charge in [0.15, 0.2) is 0 Å². The fourth-order valence-corrected chi connectivity index (χ4v) is 2.59. The minimum absolute atomic E-state index is 0.160. The Hall–Kier alpha value is -1.55. The summed E-state index contributed by atoms with van der Waals surface area (Å²) in [5.74, 6) is 1.67. The summed E-state index contributed by atoms with van der Waals surface area (Å²) in [6, 6.07) is 8.64. The average Bonchev–Trinajstić information content (AvgIpc) is 2.44. The lowest BCUT2D eigenvalue weighted by Gasteiger charge is -2.37. The van der Waals surface area contributed by atoms with E-state index in [1.165, 1.54) is 5.56 Å². The summed E-state index contributed by atoms with van der Waals surface area (Å²) in [6.45, 7) is 3.18. The largest absolute Gasteiger partial charge is 0.496 e. The van der Waals surface area contributed by atoms with Gasteiger partial charge in [-0.2, -0.15) is 0 Å². The SMILES string of the molecule is CCN(C)C(=O)CNC1CC(c2ccccc2OC)C1. The molecule has 1 aromatic carbocycles. The van der Waals surface area contributed by atoms with Gasteiger partial charge in [-0.05, 0) is 37.3 Å². The third-order valence-corrected chi connectivity index (χ3v) is 4.16. The van der Waals surface area contributed by atoms with Crippen molar-refractivity contribution in [2.45, 2.75) is 31.7 Å². The van der Waals surface area contributed by atoms with Crippen molar-refractivity contribution in [1.82, 2.24) is 10.2 Å². The number of carbonyl (C=O) groups is 1. The molecule has 0 spiro atoms. The highest BCUT2D eigenvalue weighted by Crippen LogP contribution is 2.40. The van der Waals surface area contributed by atoms with Gasteiger partial charge < -0.3 is 15.0 Å². The van der Waals surface area contributed by atoms with Crippen molar-refractivity contribution in [3.63, 3.8) is 0 Å². The molecule has 0 aliphatic heterocycles. The van der Waals surface area contributed by atoms with Gasteiger partial charge in [-0.1, -0.05) is 18.2 Å². The maximum Gasteiger partial charge on any atom is 0.236 e. The number of carbonyl (C=O) groups excluding carboxylic acids is 1. The molecule has 0 saturated heterocycles. The smallest absolute Gasteiger partial charge is 0.236 e. The lowest BCUT2D eigenvalue weighted by Crippen LogP contribution is -2.45. The highest BCUT2D eigenvalue weighted by atomic mass is 16.5. The van der Waals surface area contributed by atoms with E-state index in [1.54, 1.807) is 12.0 Å². The zero-order valence-corrected chi connectivity index (χ0v) is 12.6. The summed E-state index contributed by atoms with van der Waals surface area (Å²) >= 11 is 0. The number of nitrogens with zero attached hydrogens (tertiary/aromatic N) is 1. The fourth-order valence-electron chi connectivity index (χ4n) is 2.59. The number of hydrogen-bond acceptors (Lipinski definition) is 3. The standard InChI is InChI=1S/C16H24N2O2/c1-4-18(2)16(19)11-17-13-9-12(10-13)14-7-5-6-8-15(14)20-3/h5-8,12-13,17H,4,9-11H2,1-3H3. The van der Waals surface area contributed by atoms with E-state index in [4.69, 9.17) is 4.74 Å². The molecular formula is C16H24N2O2. The van der Waals surface area contributed by atoms with E-state index in [0.29, 0.717) is 18.5 Å². The van der Waals surface area contributed by atoms with Crippen LogP contribution < -0.4 is 10.1 Å². The normalized spacial score (nSPS) is 21.1. The molecule has 0 bridgehead atoms. The van der Waals surface area contributed by atoms with Gasteiger partial charge >= 0.3 is 0 Å². The van der Waals surface area contributed by atoms with Gasteiger partial charge in [0.2, 0.25) is 5.91 Å². The van der Waals surface area contributed by atoms with Crippen LogP contribution in [0, 0.1) is 0 Å². The number of hydrogen-bond donors (Lipinski definition) is 1. The summed E-state index contributed by atoms with van der Waals surface area (Å²) in [7, 11) is 3.55. The lowest BCUT2D eigenvalue weighted by molar-refractivity contribution is -0.129. The molecule has 110 valence electrons. The predicted octanol–water partition coefficient (Wildman–Crippen LogP) is 2.01. The third kappa shape index (κ3) is 3.31. The van der Waals surface area contributed by atoms with Gasteiger partial charge in [-0.15, -0.1) is 0 Å². The zero-order valence-electron chi connectivity index (χ0n) is 12.6. The molecule has 2 rings (SSSR count). The molecule has 4 nitrogen and oxygen atoms in total. The second-order valence-electron chi connectivity index (χ2n) is 5.40. The summed E-state index contributed by atoms with van der Waals surface area (Å²) in [6.07, 6.45) is 2.15. The summed E-state index contributed by atoms with van der Waals surface area (Å²) < 4.78 is 5.40. The number of methoxy groups -OCH3 is 1. The van der Waals surface area contributed by atoms with Crippen LogP contribution in [-0.4, -0.2) is 44.1 Å². The highest BCUT2D eigenvalue weighted by Gasteiger charge is 2.32. The first-order valence-electron chi connectivity index (χ1n) is 7.26. The van der Waals surface area contributed by atoms with Crippen molar-refractivity contribution in [2.24, 2.45) is 0 Å². The second-order valence-corrected chi connectivity index (χ2v) is 5.40. The molecule has 0 aromatic heterocycles. The molecule has 1 saturated carbocycles. The van der Waals surface area contributed by atoms with E-state index in [9.17, 15) is 4.79 Å². The van der Waals surface area contributed by atoms with Crippen molar-refractivity contribution < 1.29 is 9.53 Å². The van der Waals surface area contributed by atoms with E-state index < -0.39 is 0 Å². The predicted molar refractivity (Wildman–Crippen MR) is 80.1 cm³/mol. The van der Waals surface area contributed by atoms with Crippen LogP contribution in [0.25, 0.3) is 0 Å². The molecule has 0 heterocycles. The Kier molecular flexibility index (Phi) is 5.01. The summed E-state index contributed by atoms with van der Waals surface area (Å²) in [4.78, 5) is 13.5. The van der Waals surface area contributed by atoms with Crippen LogP contribution in [0.1, 0.15) is 31.2 Å². The topological polar surface area (TPSA) is 41.6 Å². The van der Waals surface area contributed by atoms with E-state index in [2.05, 4.69) is 17.4 Å². The number of amides is 1. The number of benzene rings is 1. The minimum atomic E-state index is 0.160. The molecule has 1 fully saturated rings. The Bertz CT molecular complexity index is 456. The van der Waals surface area contributed by atoms with Crippen molar-refractivity contribution in [2.75, 3.05) is 27.2 Å². The maximum absolute atomic E-state index is 11.7. The summed E-state index contributed by atoms with van der Waals surface area (Å²) in [5, 5.41) is 3.34. The van der Waals surface area contributed by atoms with Crippen LogP contribution >= 0.6 is 0 Å². The molecule has 1 aliphatic rings. The van der Waals surface area contributed by atoms with Crippen LogP contribution in [0.15, 0.2) is 24.3 Å². The fraction of sp³-hybridized carbons (Fsp3) is 0.562. The maximum atomic E-state index is 11.7. The minimum Gasteiger partial charge on any atom is -0.496 e. The van der Waals surface area contributed by atoms with E-state index >= 15 is 0 Å². The second kappa shape index (κ2) is 6.75. The van der Waals surface area contributed by atoms with Crippen molar-refractivity contribution in [1.29, 1.82) is 0 Å².